The first kappa shape index (κ1) is 9.96. The van der Waals surface area contributed by atoms with Gasteiger partial charge in [-0.15, -0.1) is 0 Å². The standard InChI is InChI=1S/C9H20N2O/c1-8(2)10(3)9-4-6-11(12)7-5-9/h8-9,12H,4-7H2,1-3H3. The molecule has 3 heteroatoms. The van der Waals surface area contributed by atoms with Crippen molar-refractivity contribution in [3.63, 3.8) is 0 Å². The number of hydrogen-bond donors (Lipinski definition) is 1. The molecule has 12 heavy (non-hydrogen) atoms. The van der Waals surface area contributed by atoms with E-state index in [-0.39, 0.29) is 0 Å². The predicted octanol–water partition coefficient (Wildman–Crippen LogP) is 1.18. The van der Waals surface area contributed by atoms with Gasteiger partial charge in [0.1, 0.15) is 0 Å². The summed E-state index contributed by atoms with van der Waals surface area (Å²) < 4.78 is 0. The van der Waals surface area contributed by atoms with Gasteiger partial charge >= 0.3 is 0 Å². The van der Waals surface area contributed by atoms with Gasteiger partial charge in [0.2, 0.25) is 0 Å². The highest BCUT2D eigenvalue weighted by Crippen LogP contribution is 2.15. The summed E-state index contributed by atoms with van der Waals surface area (Å²) in [6, 6.07) is 1.27. The van der Waals surface area contributed by atoms with Gasteiger partial charge in [-0.25, -0.2) is 0 Å². The third-order valence-electron chi connectivity index (χ3n) is 2.83. The molecule has 1 N–H and O–H groups in total. The minimum atomic E-state index is 0.611. The van der Waals surface area contributed by atoms with E-state index in [9.17, 15) is 0 Å². The Labute approximate surface area is 74.9 Å². The quantitative estimate of drug-likeness (QED) is 0.677. The first-order valence-electron chi connectivity index (χ1n) is 4.77. The second-order valence-electron chi connectivity index (χ2n) is 3.94. The molecule has 1 rings (SSSR count). The van der Waals surface area contributed by atoms with Gasteiger partial charge in [-0.2, -0.15) is 5.06 Å². The average Bonchev–Trinajstić information content (AvgIpc) is 2.04. The summed E-state index contributed by atoms with van der Waals surface area (Å²) in [5, 5.41) is 10.6. The molecule has 0 aromatic carbocycles. The Balaban J connectivity index is 2.34. The highest BCUT2D eigenvalue weighted by molar-refractivity contribution is 4.76. The van der Waals surface area contributed by atoms with Gasteiger partial charge in [-0.05, 0) is 33.7 Å². The lowest BCUT2D eigenvalue weighted by Gasteiger charge is -2.36. The maximum Gasteiger partial charge on any atom is 0.0253 e. The van der Waals surface area contributed by atoms with E-state index in [0.29, 0.717) is 12.1 Å². The second kappa shape index (κ2) is 4.21. The molecule has 0 aliphatic carbocycles. The Hall–Kier alpha value is -0.120. The van der Waals surface area contributed by atoms with Crippen molar-refractivity contribution in [2.24, 2.45) is 0 Å². The number of piperidine rings is 1. The fourth-order valence-electron chi connectivity index (χ4n) is 1.68. The first-order chi connectivity index (χ1) is 5.61. The molecule has 1 aliphatic rings. The SMILES string of the molecule is CC(C)N(C)C1CCN(O)CC1. The molecule has 0 aromatic heterocycles. The molecule has 72 valence electrons. The van der Waals surface area contributed by atoms with Crippen LogP contribution in [0.5, 0.6) is 0 Å². The maximum atomic E-state index is 9.16. The van der Waals surface area contributed by atoms with Gasteiger partial charge in [0, 0.05) is 25.2 Å². The van der Waals surface area contributed by atoms with Crippen molar-refractivity contribution in [2.75, 3.05) is 20.1 Å². The molecule has 3 nitrogen and oxygen atoms in total. The zero-order valence-electron chi connectivity index (χ0n) is 8.32. The van der Waals surface area contributed by atoms with E-state index in [1.165, 1.54) is 5.06 Å². The number of nitrogens with zero attached hydrogens (tertiary/aromatic N) is 2. The first-order valence-corrected chi connectivity index (χ1v) is 4.77. The Kier molecular flexibility index (Phi) is 3.50. The summed E-state index contributed by atoms with van der Waals surface area (Å²) in [6.07, 6.45) is 2.18. The van der Waals surface area contributed by atoms with Crippen molar-refractivity contribution >= 4 is 0 Å². The smallest absolute Gasteiger partial charge is 0.0253 e. The lowest BCUT2D eigenvalue weighted by Crippen LogP contribution is -2.44. The van der Waals surface area contributed by atoms with Gasteiger partial charge < -0.3 is 10.1 Å². The fraction of sp³-hybridized carbons (Fsp3) is 1.00. The maximum absolute atomic E-state index is 9.16. The Morgan fingerprint density at radius 3 is 2.25 bits per heavy atom. The molecular weight excluding hydrogens is 152 g/mol. The fourth-order valence-corrected chi connectivity index (χ4v) is 1.68. The molecule has 0 saturated carbocycles. The van der Waals surface area contributed by atoms with Crippen LogP contribution in [-0.2, 0) is 0 Å². The van der Waals surface area contributed by atoms with E-state index in [4.69, 9.17) is 5.21 Å². The average molecular weight is 172 g/mol. The van der Waals surface area contributed by atoms with Gasteiger partial charge in [0.15, 0.2) is 0 Å². The van der Waals surface area contributed by atoms with Crippen molar-refractivity contribution in [1.29, 1.82) is 0 Å². The van der Waals surface area contributed by atoms with Crippen LogP contribution in [0.25, 0.3) is 0 Å². The van der Waals surface area contributed by atoms with E-state index in [0.717, 1.165) is 25.9 Å². The van der Waals surface area contributed by atoms with Crippen molar-refractivity contribution in [3.05, 3.63) is 0 Å². The van der Waals surface area contributed by atoms with E-state index in [2.05, 4.69) is 25.8 Å². The molecule has 0 unspecified atom stereocenters. The Bertz CT molecular complexity index is 130. The van der Waals surface area contributed by atoms with E-state index in [1.807, 2.05) is 0 Å². The van der Waals surface area contributed by atoms with Crippen LogP contribution in [0.15, 0.2) is 0 Å². The lowest BCUT2D eigenvalue weighted by atomic mass is 10.0. The Morgan fingerprint density at radius 2 is 1.83 bits per heavy atom. The summed E-state index contributed by atoms with van der Waals surface area (Å²) in [6.45, 7) is 6.07. The van der Waals surface area contributed by atoms with Crippen LogP contribution in [0.4, 0.5) is 0 Å². The highest BCUT2D eigenvalue weighted by Gasteiger charge is 2.22. The Morgan fingerprint density at radius 1 is 1.33 bits per heavy atom. The van der Waals surface area contributed by atoms with Crippen LogP contribution in [0.2, 0.25) is 0 Å². The van der Waals surface area contributed by atoms with E-state index < -0.39 is 0 Å². The molecule has 0 aromatic rings. The predicted molar refractivity (Wildman–Crippen MR) is 49.3 cm³/mol. The monoisotopic (exact) mass is 172 g/mol. The van der Waals surface area contributed by atoms with Crippen LogP contribution in [-0.4, -0.2) is 47.4 Å². The van der Waals surface area contributed by atoms with Gasteiger partial charge in [-0.3, -0.25) is 0 Å². The van der Waals surface area contributed by atoms with Crippen molar-refractivity contribution in [2.45, 2.75) is 38.8 Å². The van der Waals surface area contributed by atoms with Gasteiger partial charge in [0.05, 0.1) is 0 Å². The molecule has 1 aliphatic heterocycles. The number of rotatable bonds is 2. The summed E-state index contributed by atoms with van der Waals surface area (Å²) in [5.41, 5.74) is 0. The minimum absolute atomic E-state index is 0.611. The summed E-state index contributed by atoms with van der Waals surface area (Å²) in [7, 11) is 2.17. The van der Waals surface area contributed by atoms with Crippen LogP contribution in [0.3, 0.4) is 0 Å². The van der Waals surface area contributed by atoms with Gasteiger partial charge in [0.25, 0.3) is 0 Å². The van der Waals surface area contributed by atoms with E-state index in [1.54, 1.807) is 0 Å². The topological polar surface area (TPSA) is 26.7 Å². The largest absolute Gasteiger partial charge is 0.314 e. The van der Waals surface area contributed by atoms with Crippen LogP contribution in [0, 0.1) is 0 Å². The molecule has 0 amide bonds. The van der Waals surface area contributed by atoms with Crippen molar-refractivity contribution in [1.82, 2.24) is 9.96 Å². The van der Waals surface area contributed by atoms with Crippen molar-refractivity contribution in [3.8, 4) is 0 Å². The molecule has 0 spiro atoms. The third-order valence-corrected chi connectivity index (χ3v) is 2.83. The zero-order valence-corrected chi connectivity index (χ0v) is 8.32. The van der Waals surface area contributed by atoms with Crippen LogP contribution in [0.1, 0.15) is 26.7 Å². The normalized spacial score (nSPS) is 22.5. The highest BCUT2D eigenvalue weighted by atomic mass is 16.5. The number of hydrogen-bond acceptors (Lipinski definition) is 3. The third kappa shape index (κ3) is 2.44. The van der Waals surface area contributed by atoms with Gasteiger partial charge in [-0.1, -0.05) is 0 Å². The molecule has 0 radical (unpaired) electrons. The van der Waals surface area contributed by atoms with E-state index >= 15 is 0 Å². The minimum Gasteiger partial charge on any atom is -0.314 e. The molecular formula is C9H20N2O. The molecule has 1 saturated heterocycles. The van der Waals surface area contributed by atoms with Crippen LogP contribution >= 0.6 is 0 Å². The molecule has 0 bridgehead atoms. The lowest BCUT2D eigenvalue weighted by molar-refractivity contribution is -0.115. The summed E-state index contributed by atoms with van der Waals surface area (Å²) in [5.74, 6) is 0. The zero-order chi connectivity index (χ0) is 9.14. The molecule has 0 atom stereocenters. The summed E-state index contributed by atoms with van der Waals surface area (Å²) in [4.78, 5) is 2.40. The summed E-state index contributed by atoms with van der Waals surface area (Å²) >= 11 is 0. The number of hydroxylamine groups is 2. The van der Waals surface area contributed by atoms with Crippen LogP contribution < -0.4 is 0 Å². The molecule has 1 fully saturated rings. The molecule has 1 heterocycles. The second-order valence-corrected chi connectivity index (χ2v) is 3.94. The van der Waals surface area contributed by atoms with Crippen molar-refractivity contribution < 1.29 is 5.21 Å².